The summed E-state index contributed by atoms with van der Waals surface area (Å²) in [5.74, 6) is -1.71. The number of aromatic amines is 1. The highest BCUT2D eigenvalue weighted by Crippen LogP contribution is 2.29. The predicted molar refractivity (Wildman–Crippen MR) is 123 cm³/mol. The van der Waals surface area contributed by atoms with Crippen LogP contribution in [0.3, 0.4) is 0 Å². The second-order valence-electron chi connectivity index (χ2n) is 7.33. The molecule has 0 atom stereocenters. The maximum Gasteiger partial charge on any atom is 0.337 e. The number of aromatic carboxylic acids is 1. The fraction of sp³-hybridized carbons (Fsp3) is 0.0455. The third kappa shape index (κ3) is 4.05. The maximum atomic E-state index is 13.0. The SMILES string of the molecule is Cc1[nH]n(-c2nc(C3=C([O-])O[NH2+]N3c3ccccc3)cs2)c(=O)c1N=Nc1ccccc1C(=O)O. The van der Waals surface area contributed by atoms with Gasteiger partial charge in [-0.1, -0.05) is 30.3 Å². The quantitative estimate of drug-likeness (QED) is 0.274. The topological polar surface area (TPSA) is 165 Å². The van der Waals surface area contributed by atoms with Crippen molar-refractivity contribution in [2.75, 3.05) is 5.01 Å². The summed E-state index contributed by atoms with van der Waals surface area (Å²) in [7, 11) is 0. The van der Waals surface area contributed by atoms with E-state index in [0.717, 1.165) is 17.0 Å². The molecule has 0 unspecified atom stereocenters. The molecule has 4 aromatic rings. The third-order valence-corrected chi connectivity index (χ3v) is 5.92. The number of aromatic nitrogens is 3. The summed E-state index contributed by atoms with van der Waals surface area (Å²) in [6.07, 6.45) is 0. The van der Waals surface area contributed by atoms with Crippen molar-refractivity contribution < 1.29 is 25.4 Å². The van der Waals surface area contributed by atoms with Gasteiger partial charge in [-0.25, -0.2) is 9.78 Å². The Labute approximate surface area is 201 Å². The number of carboxylic acid groups (broad SMARTS) is 1. The first-order chi connectivity index (χ1) is 16.9. The summed E-state index contributed by atoms with van der Waals surface area (Å²) in [4.78, 5) is 34.0. The van der Waals surface area contributed by atoms with Gasteiger partial charge in [-0.05, 0) is 31.2 Å². The molecule has 0 bridgehead atoms. The number of rotatable bonds is 6. The van der Waals surface area contributed by atoms with Crippen LogP contribution in [0.25, 0.3) is 10.8 Å². The van der Waals surface area contributed by atoms with Crippen molar-refractivity contribution in [3.63, 3.8) is 0 Å². The Hall–Kier alpha value is -4.75. The number of aryl methyl sites for hydroxylation is 1. The highest BCUT2D eigenvalue weighted by atomic mass is 32.1. The zero-order valence-electron chi connectivity index (χ0n) is 18.1. The molecule has 5 rings (SSSR count). The summed E-state index contributed by atoms with van der Waals surface area (Å²) in [5, 5.41) is 36.1. The van der Waals surface area contributed by atoms with Crippen LogP contribution in [0, 0.1) is 6.92 Å². The molecule has 1 aliphatic heterocycles. The average molecular weight is 491 g/mol. The number of hydrogen-bond donors (Lipinski definition) is 3. The van der Waals surface area contributed by atoms with Crippen molar-refractivity contribution >= 4 is 40.1 Å². The minimum absolute atomic E-state index is 0.00844. The normalized spacial score (nSPS) is 13.6. The van der Waals surface area contributed by atoms with E-state index in [1.54, 1.807) is 29.4 Å². The van der Waals surface area contributed by atoms with Crippen LogP contribution < -0.4 is 21.3 Å². The molecule has 0 spiro atoms. The fourth-order valence-electron chi connectivity index (χ4n) is 3.43. The van der Waals surface area contributed by atoms with Crippen LogP contribution in [0.4, 0.5) is 17.1 Å². The number of carbonyl (C=O) groups is 1. The Morgan fingerprint density at radius 2 is 1.91 bits per heavy atom. The number of nitrogens with zero attached hydrogens (tertiary/aromatic N) is 5. The molecule has 1 aliphatic rings. The van der Waals surface area contributed by atoms with Gasteiger partial charge in [0.15, 0.2) is 11.4 Å². The molecule has 0 saturated heterocycles. The van der Waals surface area contributed by atoms with E-state index in [2.05, 4.69) is 20.3 Å². The number of quaternary nitrogens is 1. The van der Waals surface area contributed by atoms with Crippen LogP contribution in [0.15, 0.2) is 80.9 Å². The zero-order chi connectivity index (χ0) is 24.5. The van der Waals surface area contributed by atoms with E-state index in [-0.39, 0.29) is 27.8 Å². The van der Waals surface area contributed by atoms with Gasteiger partial charge >= 0.3 is 11.5 Å². The van der Waals surface area contributed by atoms with Gasteiger partial charge in [0.2, 0.25) is 5.13 Å². The minimum Gasteiger partial charge on any atom is -0.540 e. The third-order valence-electron chi connectivity index (χ3n) is 5.09. The first-order valence-corrected chi connectivity index (χ1v) is 11.1. The molecule has 4 N–H and O–H groups in total. The Morgan fingerprint density at radius 3 is 2.69 bits per heavy atom. The maximum absolute atomic E-state index is 13.0. The van der Waals surface area contributed by atoms with Crippen LogP contribution in [0.5, 0.6) is 0 Å². The molecule has 0 aliphatic carbocycles. The van der Waals surface area contributed by atoms with E-state index >= 15 is 0 Å². The molecule has 0 radical (unpaired) electrons. The van der Waals surface area contributed by atoms with E-state index in [1.807, 2.05) is 30.3 Å². The second kappa shape index (κ2) is 8.89. The van der Waals surface area contributed by atoms with E-state index < -0.39 is 17.5 Å². The molecule has 176 valence electrons. The van der Waals surface area contributed by atoms with Gasteiger partial charge < -0.3 is 15.1 Å². The van der Waals surface area contributed by atoms with Crippen LogP contribution in [0.1, 0.15) is 21.7 Å². The lowest BCUT2D eigenvalue weighted by Crippen LogP contribution is -2.90. The number of nitrogens with one attached hydrogen (secondary N) is 1. The second-order valence-corrected chi connectivity index (χ2v) is 8.17. The van der Waals surface area contributed by atoms with Gasteiger partial charge in [-0.3, -0.25) is 9.89 Å². The smallest absolute Gasteiger partial charge is 0.337 e. The molecule has 12 nitrogen and oxygen atoms in total. The van der Waals surface area contributed by atoms with Crippen molar-refractivity contribution in [2.45, 2.75) is 6.92 Å². The van der Waals surface area contributed by atoms with Gasteiger partial charge in [-0.15, -0.1) is 27.2 Å². The molecular weight excluding hydrogens is 474 g/mol. The largest absolute Gasteiger partial charge is 0.540 e. The summed E-state index contributed by atoms with van der Waals surface area (Å²) in [6.45, 7) is 1.64. The highest BCUT2D eigenvalue weighted by Gasteiger charge is 2.27. The Morgan fingerprint density at radius 1 is 1.17 bits per heavy atom. The van der Waals surface area contributed by atoms with E-state index in [1.165, 1.54) is 22.4 Å². The standard InChI is InChI=1S/C22H17N7O5S/c1-12-17(25-24-15-10-6-5-9-14(15)20(31)32)19(30)29(26-12)22-23-16(11-35-22)18-21(33)34-27-28(18)13-7-3-2-4-8-13/h2-11,26-27,33H,1H3,(H,31,32). The van der Waals surface area contributed by atoms with Crippen molar-refractivity contribution in [3.05, 3.63) is 93.2 Å². The van der Waals surface area contributed by atoms with E-state index in [4.69, 9.17) is 4.84 Å². The van der Waals surface area contributed by atoms with Gasteiger partial charge in [0.05, 0.1) is 16.9 Å². The number of H-pyrrole nitrogens is 1. The molecule has 2 aromatic heterocycles. The molecule has 2 aromatic carbocycles. The zero-order valence-corrected chi connectivity index (χ0v) is 18.9. The number of hydrogen-bond acceptors (Lipinski definition) is 9. The fourth-order valence-corrected chi connectivity index (χ4v) is 4.19. The first kappa shape index (κ1) is 22.1. The van der Waals surface area contributed by atoms with Crippen molar-refractivity contribution in [3.8, 4) is 5.13 Å². The van der Waals surface area contributed by atoms with Crippen LogP contribution in [-0.4, -0.2) is 25.8 Å². The number of benzene rings is 2. The lowest BCUT2D eigenvalue weighted by atomic mass is 10.2. The first-order valence-electron chi connectivity index (χ1n) is 10.2. The number of azo groups is 1. The number of thiazole rings is 1. The van der Waals surface area contributed by atoms with Crippen molar-refractivity contribution in [1.82, 2.24) is 14.8 Å². The Kier molecular flexibility index (Phi) is 5.60. The Bertz CT molecular complexity index is 1540. The highest BCUT2D eigenvalue weighted by molar-refractivity contribution is 7.12. The molecule has 0 fully saturated rings. The molecule has 0 saturated carbocycles. The summed E-state index contributed by atoms with van der Waals surface area (Å²) in [6, 6.07) is 15.3. The number of nitrogens with two attached hydrogens (primary N) is 1. The molecule has 3 heterocycles. The van der Waals surface area contributed by atoms with E-state index in [9.17, 15) is 19.8 Å². The summed E-state index contributed by atoms with van der Waals surface area (Å²) >= 11 is 1.15. The van der Waals surface area contributed by atoms with Crippen LogP contribution >= 0.6 is 11.3 Å². The average Bonchev–Trinajstić information content (AvgIpc) is 3.56. The van der Waals surface area contributed by atoms with Crippen molar-refractivity contribution in [2.24, 2.45) is 10.2 Å². The Balaban J connectivity index is 1.47. The van der Waals surface area contributed by atoms with Gasteiger partial charge in [0, 0.05) is 5.38 Å². The van der Waals surface area contributed by atoms with Gasteiger partial charge in [0.25, 0.3) is 0 Å². The minimum atomic E-state index is -1.15. The monoisotopic (exact) mass is 491 g/mol. The number of carboxylic acids is 1. The van der Waals surface area contributed by atoms with Crippen LogP contribution in [0.2, 0.25) is 0 Å². The summed E-state index contributed by atoms with van der Waals surface area (Å²) in [5.41, 5.74) is 2.58. The van der Waals surface area contributed by atoms with E-state index in [0.29, 0.717) is 11.4 Å². The van der Waals surface area contributed by atoms with Crippen molar-refractivity contribution in [1.29, 1.82) is 0 Å². The van der Waals surface area contributed by atoms with Crippen LogP contribution in [-0.2, 0) is 4.84 Å². The number of para-hydroxylation sites is 1. The molecule has 13 heteroatoms. The molecular formula is C22H17N7O5S. The summed E-state index contributed by atoms with van der Waals surface area (Å²) < 4.78 is 1.19. The van der Waals surface area contributed by atoms with Gasteiger partial charge in [0.1, 0.15) is 17.3 Å². The molecule has 35 heavy (non-hydrogen) atoms. The number of anilines is 1. The lowest BCUT2D eigenvalue weighted by molar-refractivity contribution is -0.890. The molecule has 0 amide bonds. The van der Waals surface area contributed by atoms with Gasteiger partial charge in [-0.2, -0.15) is 9.69 Å². The predicted octanol–water partition coefficient (Wildman–Crippen LogP) is 1.96. The lowest BCUT2D eigenvalue weighted by Gasteiger charge is -2.16.